The third kappa shape index (κ3) is 5.22. The van der Waals surface area contributed by atoms with Crippen LogP contribution in [-0.2, 0) is 11.2 Å². The van der Waals surface area contributed by atoms with Crippen LogP contribution >= 0.6 is 0 Å². The highest BCUT2D eigenvalue weighted by Gasteiger charge is 2.00. The highest BCUT2D eigenvalue weighted by Crippen LogP contribution is 2.21. The molecule has 0 atom stereocenters. The molecular formula is C26H22O2. The van der Waals surface area contributed by atoms with Gasteiger partial charge in [0.15, 0.2) is 0 Å². The molecule has 0 aliphatic rings. The summed E-state index contributed by atoms with van der Waals surface area (Å²) in [7, 11) is 0. The predicted octanol–water partition coefficient (Wildman–Crippen LogP) is 5.80. The van der Waals surface area contributed by atoms with Gasteiger partial charge in [0, 0.05) is 17.2 Å². The Kier molecular flexibility index (Phi) is 6.44. The van der Waals surface area contributed by atoms with Crippen molar-refractivity contribution in [2.45, 2.75) is 19.8 Å². The van der Waals surface area contributed by atoms with Gasteiger partial charge < -0.3 is 4.74 Å². The molecule has 2 heteroatoms. The second kappa shape index (κ2) is 9.39. The topological polar surface area (TPSA) is 26.3 Å². The monoisotopic (exact) mass is 366 g/mol. The average molecular weight is 366 g/mol. The average Bonchev–Trinajstić information content (AvgIpc) is 2.74. The minimum absolute atomic E-state index is 0.473. The number of esters is 1. The van der Waals surface area contributed by atoms with Crippen molar-refractivity contribution in [3.8, 4) is 28.7 Å². The van der Waals surface area contributed by atoms with Crippen molar-refractivity contribution < 1.29 is 9.53 Å². The Labute approximate surface area is 166 Å². The van der Waals surface area contributed by atoms with Crippen molar-refractivity contribution in [1.29, 1.82) is 0 Å². The molecule has 0 unspecified atom stereocenters. The zero-order valence-electron chi connectivity index (χ0n) is 15.9. The fourth-order valence-corrected chi connectivity index (χ4v) is 2.81. The largest absolute Gasteiger partial charge is 0.423 e. The fraction of sp³-hybridized carbons (Fsp3) is 0.115. The molecule has 28 heavy (non-hydrogen) atoms. The van der Waals surface area contributed by atoms with Gasteiger partial charge in [0.05, 0.1) is 0 Å². The maximum atomic E-state index is 11.2. The summed E-state index contributed by atoms with van der Waals surface area (Å²) in [5.74, 6) is 6.29. The highest BCUT2D eigenvalue weighted by molar-refractivity contribution is 5.83. The standard InChI is InChI=1S/C26H22O2/c1-3-5-20-8-14-23(15-9-20)24-16-10-21(11-17-24)6-7-22-12-18-25(19-13-22)28-26(27)4-2/h4,8-19H,2-3,5H2,1H3. The molecule has 138 valence electrons. The summed E-state index contributed by atoms with van der Waals surface area (Å²) in [4.78, 5) is 11.2. The first-order valence-electron chi connectivity index (χ1n) is 9.33. The summed E-state index contributed by atoms with van der Waals surface area (Å²) >= 11 is 0. The van der Waals surface area contributed by atoms with Crippen molar-refractivity contribution in [3.63, 3.8) is 0 Å². The lowest BCUT2D eigenvalue weighted by molar-refractivity contribution is -0.128. The summed E-state index contributed by atoms with van der Waals surface area (Å²) in [6.45, 7) is 5.57. The predicted molar refractivity (Wildman–Crippen MR) is 114 cm³/mol. The Morgan fingerprint density at radius 1 is 0.857 bits per heavy atom. The van der Waals surface area contributed by atoms with E-state index in [1.165, 1.54) is 16.7 Å². The fourth-order valence-electron chi connectivity index (χ4n) is 2.81. The van der Waals surface area contributed by atoms with Crippen LogP contribution in [-0.4, -0.2) is 5.97 Å². The lowest BCUT2D eigenvalue weighted by atomic mass is 10.0. The molecule has 0 fully saturated rings. The van der Waals surface area contributed by atoms with Crippen LogP contribution in [0.1, 0.15) is 30.0 Å². The zero-order chi connectivity index (χ0) is 19.8. The van der Waals surface area contributed by atoms with Crippen LogP contribution in [0.4, 0.5) is 0 Å². The van der Waals surface area contributed by atoms with Gasteiger partial charge in [0.25, 0.3) is 0 Å². The number of carbonyl (C=O) groups is 1. The summed E-state index contributed by atoms with van der Waals surface area (Å²) in [6, 6.07) is 24.1. The number of hydrogen-bond donors (Lipinski definition) is 0. The molecule has 0 aromatic heterocycles. The molecule has 3 rings (SSSR count). The molecule has 0 N–H and O–H groups in total. The molecule has 0 heterocycles. The second-order valence-electron chi connectivity index (χ2n) is 6.42. The quantitative estimate of drug-likeness (QED) is 0.247. The molecule has 0 bridgehead atoms. The molecule has 3 aromatic carbocycles. The van der Waals surface area contributed by atoms with Gasteiger partial charge in [-0.05, 0) is 59.5 Å². The first-order valence-corrected chi connectivity index (χ1v) is 9.33. The molecular weight excluding hydrogens is 344 g/mol. The number of benzene rings is 3. The Bertz CT molecular complexity index is 999. The lowest BCUT2D eigenvalue weighted by Crippen LogP contribution is -2.02. The van der Waals surface area contributed by atoms with E-state index in [4.69, 9.17) is 4.74 Å². The van der Waals surface area contributed by atoms with E-state index < -0.39 is 5.97 Å². The van der Waals surface area contributed by atoms with E-state index in [0.29, 0.717) is 5.75 Å². The van der Waals surface area contributed by atoms with Gasteiger partial charge in [0.1, 0.15) is 5.75 Å². The molecule has 0 spiro atoms. The van der Waals surface area contributed by atoms with E-state index in [0.717, 1.165) is 30.0 Å². The van der Waals surface area contributed by atoms with Crippen LogP contribution in [0.15, 0.2) is 85.5 Å². The molecule has 2 nitrogen and oxygen atoms in total. The number of rotatable bonds is 5. The number of carbonyl (C=O) groups excluding carboxylic acids is 1. The number of ether oxygens (including phenoxy) is 1. The van der Waals surface area contributed by atoms with Gasteiger partial charge in [-0.2, -0.15) is 0 Å². The van der Waals surface area contributed by atoms with Crippen LogP contribution < -0.4 is 4.74 Å². The van der Waals surface area contributed by atoms with Crippen LogP contribution in [0.25, 0.3) is 11.1 Å². The SMILES string of the molecule is C=CC(=O)Oc1ccc(C#Cc2ccc(-c3ccc(CCC)cc3)cc2)cc1. The van der Waals surface area contributed by atoms with Gasteiger partial charge in [-0.15, -0.1) is 0 Å². The second-order valence-corrected chi connectivity index (χ2v) is 6.42. The Morgan fingerprint density at radius 3 is 1.86 bits per heavy atom. The van der Waals surface area contributed by atoms with E-state index >= 15 is 0 Å². The minimum atomic E-state index is -0.473. The molecule has 0 radical (unpaired) electrons. The molecule has 0 amide bonds. The van der Waals surface area contributed by atoms with Gasteiger partial charge in [-0.1, -0.05) is 68.2 Å². The van der Waals surface area contributed by atoms with E-state index in [1.54, 1.807) is 12.1 Å². The maximum Gasteiger partial charge on any atom is 0.335 e. The summed E-state index contributed by atoms with van der Waals surface area (Å²) < 4.78 is 5.05. The normalized spacial score (nSPS) is 9.89. The minimum Gasteiger partial charge on any atom is -0.423 e. The lowest BCUT2D eigenvalue weighted by Gasteiger charge is -2.04. The van der Waals surface area contributed by atoms with E-state index in [-0.39, 0.29) is 0 Å². The van der Waals surface area contributed by atoms with Crippen molar-refractivity contribution in [2.75, 3.05) is 0 Å². The summed E-state index contributed by atoms with van der Waals surface area (Å²) in [5.41, 5.74) is 5.58. The Morgan fingerprint density at radius 2 is 1.36 bits per heavy atom. The third-order valence-corrected chi connectivity index (χ3v) is 4.30. The van der Waals surface area contributed by atoms with Crippen LogP contribution in [0.5, 0.6) is 5.75 Å². The zero-order valence-corrected chi connectivity index (χ0v) is 15.9. The van der Waals surface area contributed by atoms with Gasteiger partial charge in [0.2, 0.25) is 0 Å². The molecule has 0 aliphatic heterocycles. The van der Waals surface area contributed by atoms with Crippen molar-refractivity contribution in [2.24, 2.45) is 0 Å². The van der Waals surface area contributed by atoms with Crippen LogP contribution in [0.3, 0.4) is 0 Å². The summed E-state index contributed by atoms with van der Waals surface area (Å²) in [5, 5.41) is 0. The van der Waals surface area contributed by atoms with Gasteiger partial charge in [-0.3, -0.25) is 0 Å². The number of hydrogen-bond acceptors (Lipinski definition) is 2. The maximum absolute atomic E-state index is 11.2. The summed E-state index contributed by atoms with van der Waals surface area (Å²) in [6.07, 6.45) is 3.42. The molecule has 0 aliphatic carbocycles. The Hall–Kier alpha value is -3.57. The molecule has 0 saturated heterocycles. The van der Waals surface area contributed by atoms with Gasteiger partial charge >= 0.3 is 5.97 Å². The highest BCUT2D eigenvalue weighted by atomic mass is 16.5. The van der Waals surface area contributed by atoms with Gasteiger partial charge in [-0.25, -0.2) is 4.79 Å². The Balaban J connectivity index is 1.67. The molecule has 0 saturated carbocycles. The van der Waals surface area contributed by atoms with Crippen molar-refractivity contribution in [1.82, 2.24) is 0 Å². The van der Waals surface area contributed by atoms with E-state index in [2.05, 4.69) is 61.7 Å². The van der Waals surface area contributed by atoms with Crippen LogP contribution in [0, 0.1) is 11.8 Å². The third-order valence-electron chi connectivity index (χ3n) is 4.30. The molecule has 3 aromatic rings. The number of aryl methyl sites for hydroxylation is 1. The first-order chi connectivity index (χ1) is 13.7. The smallest absolute Gasteiger partial charge is 0.335 e. The van der Waals surface area contributed by atoms with Crippen molar-refractivity contribution >= 4 is 5.97 Å². The van der Waals surface area contributed by atoms with Crippen molar-refractivity contribution in [3.05, 3.63) is 102 Å². The first kappa shape index (κ1) is 19.2. The van der Waals surface area contributed by atoms with E-state index in [1.807, 2.05) is 24.3 Å². The van der Waals surface area contributed by atoms with Crippen LogP contribution in [0.2, 0.25) is 0 Å². The van der Waals surface area contributed by atoms with E-state index in [9.17, 15) is 4.79 Å².